The lowest BCUT2D eigenvalue weighted by Gasteiger charge is -2.28. The highest BCUT2D eigenvalue weighted by Crippen LogP contribution is 2.23. The van der Waals surface area contributed by atoms with Crippen LogP contribution in [-0.4, -0.2) is 30.3 Å². The van der Waals surface area contributed by atoms with Crippen LogP contribution >= 0.6 is 0 Å². The molecule has 0 bridgehead atoms. The van der Waals surface area contributed by atoms with Crippen LogP contribution in [0.25, 0.3) is 0 Å². The molecular formula is C23H32O3SSi2. The lowest BCUT2D eigenvalue weighted by molar-refractivity contribution is 0.261. The van der Waals surface area contributed by atoms with Gasteiger partial charge in [-0.3, -0.25) is 4.18 Å². The number of hydrogen-bond acceptors (Lipinski definition) is 3. The highest BCUT2D eigenvalue weighted by atomic mass is 32.2. The lowest BCUT2D eigenvalue weighted by atomic mass is 10.2. The Kier molecular flexibility index (Phi) is 9.47. The number of hydrogen-bond donors (Lipinski definition) is 0. The zero-order valence-corrected chi connectivity index (χ0v) is 21.5. The first-order chi connectivity index (χ1) is 13.3. The van der Waals surface area contributed by atoms with Crippen molar-refractivity contribution in [3.8, 4) is 35.1 Å². The molecule has 0 spiro atoms. The van der Waals surface area contributed by atoms with E-state index in [9.17, 15) is 8.42 Å². The minimum absolute atomic E-state index is 0.209. The van der Waals surface area contributed by atoms with Gasteiger partial charge in [0.15, 0.2) is 0 Å². The summed E-state index contributed by atoms with van der Waals surface area (Å²) in [6.45, 7) is 14.8. The molecule has 0 saturated heterocycles. The minimum atomic E-state index is -3.76. The molecule has 3 nitrogen and oxygen atoms in total. The van der Waals surface area contributed by atoms with Crippen molar-refractivity contribution < 1.29 is 12.6 Å². The quantitative estimate of drug-likeness (QED) is 0.257. The molecule has 1 atom stereocenters. The molecule has 0 saturated carbocycles. The molecule has 1 aromatic rings. The molecule has 156 valence electrons. The second-order valence-electron chi connectivity index (χ2n) is 9.16. The summed E-state index contributed by atoms with van der Waals surface area (Å²) in [4.78, 5) is 0.209. The van der Waals surface area contributed by atoms with Crippen molar-refractivity contribution in [2.45, 2.75) is 76.1 Å². The van der Waals surface area contributed by atoms with Crippen LogP contribution in [0.5, 0.6) is 0 Å². The SMILES string of the molecule is Cc1ccc(S(=O)(=O)OC(CCCC#CC#CC#C[Si](C)(C)C)[Si](C)(C)C)cc1. The third-order valence-corrected chi connectivity index (χ3v) is 8.72. The normalized spacial score (nSPS) is 12.5. The molecule has 29 heavy (non-hydrogen) atoms. The van der Waals surface area contributed by atoms with E-state index in [0.717, 1.165) is 12.0 Å². The van der Waals surface area contributed by atoms with Crippen molar-refractivity contribution in [2.24, 2.45) is 0 Å². The molecular weight excluding hydrogens is 412 g/mol. The predicted octanol–water partition coefficient (Wildman–Crippen LogP) is 5.00. The molecule has 0 fully saturated rings. The Labute approximate surface area is 179 Å². The Morgan fingerprint density at radius 1 is 0.931 bits per heavy atom. The van der Waals surface area contributed by atoms with Gasteiger partial charge in [-0.15, -0.1) is 5.54 Å². The van der Waals surface area contributed by atoms with Crippen molar-refractivity contribution in [1.82, 2.24) is 0 Å². The first kappa shape index (κ1) is 25.3. The lowest BCUT2D eigenvalue weighted by Crippen LogP contribution is -2.41. The van der Waals surface area contributed by atoms with E-state index in [-0.39, 0.29) is 10.6 Å². The fraction of sp³-hybridized carbons (Fsp3) is 0.478. The van der Waals surface area contributed by atoms with Gasteiger partial charge >= 0.3 is 0 Å². The van der Waals surface area contributed by atoms with Gasteiger partial charge in [0.25, 0.3) is 10.1 Å². The van der Waals surface area contributed by atoms with E-state index in [1.54, 1.807) is 24.3 Å². The van der Waals surface area contributed by atoms with Crippen molar-refractivity contribution in [3.05, 3.63) is 29.8 Å². The summed E-state index contributed by atoms with van der Waals surface area (Å²) in [6.07, 6.45) is 2.09. The van der Waals surface area contributed by atoms with E-state index in [0.29, 0.717) is 12.8 Å². The van der Waals surface area contributed by atoms with Crippen molar-refractivity contribution in [1.29, 1.82) is 0 Å². The van der Waals surface area contributed by atoms with Crippen molar-refractivity contribution in [3.63, 3.8) is 0 Å². The summed E-state index contributed by atoms with van der Waals surface area (Å²) in [5, 5.41) is 0. The molecule has 1 aromatic carbocycles. The average molecular weight is 445 g/mol. The Morgan fingerprint density at radius 2 is 1.52 bits per heavy atom. The molecule has 6 heteroatoms. The van der Waals surface area contributed by atoms with E-state index in [1.807, 2.05) is 6.92 Å². The molecule has 0 aliphatic carbocycles. The van der Waals surface area contributed by atoms with Crippen molar-refractivity contribution in [2.75, 3.05) is 0 Å². The maximum atomic E-state index is 12.7. The largest absolute Gasteiger partial charge is 0.296 e. The molecule has 0 amide bonds. The van der Waals surface area contributed by atoms with Gasteiger partial charge in [-0.25, -0.2) is 0 Å². The van der Waals surface area contributed by atoms with Crippen LogP contribution in [0.3, 0.4) is 0 Å². The minimum Gasteiger partial charge on any atom is -0.267 e. The van der Waals surface area contributed by atoms with Crippen LogP contribution < -0.4 is 0 Å². The van der Waals surface area contributed by atoms with Crippen LogP contribution in [-0.2, 0) is 14.3 Å². The molecule has 0 radical (unpaired) electrons. The topological polar surface area (TPSA) is 43.4 Å². The van der Waals surface area contributed by atoms with Gasteiger partial charge in [-0.2, -0.15) is 8.42 Å². The van der Waals surface area contributed by atoms with Crippen molar-refractivity contribution >= 4 is 26.3 Å². The third-order valence-electron chi connectivity index (χ3n) is 4.00. The molecule has 1 unspecified atom stereocenters. The summed E-state index contributed by atoms with van der Waals surface area (Å²) >= 11 is 0. The number of unbranched alkanes of at least 4 members (excludes halogenated alkanes) is 1. The van der Waals surface area contributed by atoms with Gasteiger partial charge in [0.05, 0.1) is 18.7 Å². The smallest absolute Gasteiger partial charge is 0.267 e. The van der Waals surface area contributed by atoms with E-state index in [2.05, 4.69) is 74.4 Å². The van der Waals surface area contributed by atoms with Gasteiger partial charge in [0.1, 0.15) is 8.07 Å². The Hall–Kier alpha value is -1.76. The fourth-order valence-electron chi connectivity index (χ4n) is 2.30. The van der Waals surface area contributed by atoms with Crippen LogP contribution in [0.4, 0.5) is 0 Å². The number of rotatable bonds is 7. The zero-order chi connectivity index (χ0) is 22.1. The monoisotopic (exact) mass is 444 g/mol. The molecule has 0 heterocycles. The standard InChI is InChI=1S/C23H32O3SSi2/c1-21-16-18-22(19-17-21)27(24,25)26-23(29(5,6)7)15-13-11-9-8-10-12-14-20-28(2,3)4/h16-19,23H,11,13,15H2,1-7H3. The Balaban J connectivity index is 2.68. The number of benzene rings is 1. The van der Waals surface area contributed by atoms with Gasteiger partial charge in [-0.1, -0.05) is 62.9 Å². The summed E-state index contributed by atoms with van der Waals surface area (Å²) in [5.74, 6) is 14.2. The second-order valence-corrected chi connectivity index (χ2v) is 20.9. The average Bonchev–Trinajstić information content (AvgIpc) is 2.57. The van der Waals surface area contributed by atoms with Crippen LogP contribution in [0.2, 0.25) is 39.3 Å². The van der Waals surface area contributed by atoms with Crippen LogP contribution in [0, 0.1) is 42.1 Å². The maximum Gasteiger partial charge on any atom is 0.296 e. The van der Waals surface area contributed by atoms with Gasteiger partial charge in [-0.05, 0) is 55.6 Å². The third kappa shape index (κ3) is 10.5. The number of aryl methyl sites for hydroxylation is 1. The van der Waals surface area contributed by atoms with Crippen LogP contribution in [0.15, 0.2) is 29.2 Å². The van der Waals surface area contributed by atoms with Gasteiger partial charge in [0, 0.05) is 6.42 Å². The molecule has 1 rings (SSSR count). The van der Waals surface area contributed by atoms with E-state index in [1.165, 1.54) is 0 Å². The first-order valence-corrected chi connectivity index (χ1v) is 18.3. The highest BCUT2D eigenvalue weighted by molar-refractivity contribution is 7.86. The van der Waals surface area contributed by atoms with E-state index < -0.39 is 26.3 Å². The zero-order valence-electron chi connectivity index (χ0n) is 18.6. The summed E-state index contributed by atoms with van der Waals surface area (Å²) < 4.78 is 31.0. The van der Waals surface area contributed by atoms with Gasteiger partial charge < -0.3 is 0 Å². The predicted molar refractivity (Wildman–Crippen MR) is 127 cm³/mol. The fourth-order valence-corrected chi connectivity index (χ4v) is 6.33. The molecule has 0 N–H and O–H groups in total. The molecule has 0 aromatic heterocycles. The summed E-state index contributed by atoms with van der Waals surface area (Å²) in [5.41, 5.74) is 3.90. The second kappa shape index (κ2) is 10.9. The van der Waals surface area contributed by atoms with Crippen LogP contribution in [0.1, 0.15) is 24.8 Å². The molecule has 0 aliphatic heterocycles. The Bertz CT molecular complexity index is 963. The van der Waals surface area contributed by atoms with E-state index in [4.69, 9.17) is 4.18 Å². The highest BCUT2D eigenvalue weighted by Gasteiger charge is 2.32. The Morgan fingerprint density at radius 3 is 2.07 bits per heavy atom. The molecule has 0 aliphatic rings. The summed E-state index contributed by atoms with van der Waals surface area (Å²) in [6, 6.07) is 6.76. The summed E-state index contributed by atoms with van der Waals surface area (Å²) in [7, 11) is -6.99. The maximum absolute atomic E-state index is 12.7. The van der Waals surface area contributed by atoms with E-state index >= 15 is 0 Å². The first-order valence-electron chi connectivity index (χ1n) is 9.81. The van der Waals surface area contributed by atoms with Gasteiger partial charge in [0.2, 0.25) is 0 Å².